The van der Waals surface area contributed by atoms with Crippen molar-refractivity contribution >= 4 is 46.4 Å². The number of para-hydroxylation sites is 1. The lowest BCUT2D eigenvalue weighted by atomic mass is 10.1. The molecule has 1 aliphatic rings. The van der Waals surface area contributed by atoms with Gasteiger partial charge < -0.3 is 10.1 Å². The van der Waals surface area contributed by atoms with E-state index in [-0.39, 0.29) is 17.1 Å². The lowest BCUT2D eigenvalue weighted by Gasteiger charge is -2.24. The number of halogens is 1. The van der Waals surface area contributed by atoms with Crippen molar-refractivity contribution < 1.29 is 23.5 Å². The molecule has 4 rings (SSSR count). The van der Waals surface area contributed by atoms with Crippen LogP contribution in [-0.4, -0.2) is 40.5 Å². The second kappa shape index (κ2) is 13.7. The molecule has 2 N–H and O–H groups in total. The number of hydrogen-bond acceptors (Lipinski definition) is 5. The molecule has 208 valence electrons. The van der Waals surface area contributed by atoms with Gasteiger partial charge in [-0.3, -0.25) is 24.7 Å². The summed E-state index contributed by atoms with van der Waals surface area (Å²) in [7, 11) is 0. The van der Waals surface area contributed by atoms with Crippen LogP contribution in [0.1, 0.15) is 49.4 Å². The largest absolute Gasteiger partial charge is 0.494 e. The third-order valence-electron chi connectivity index (χ3n) is 6.32. The molecule has 0 aromatic heterocycles. The zero-order valence-electron chi connectivity index (χ0n) is 22.1. The summed E-state index contributed by atoms with van der Waals surface area (Å²) >= 11 is 5.54. The number of nitrogens with zero attached hydrogens (tertiary/aromatic N) is 2. The van der Waals surface area contributed by atoms with Crippen LogP contribution >= 0.6 is 12.2 Å². The Balaban J connectivity index is 1.45. The maximum atomic E-state index is 13.7. The van der Waals surface area contributed by atoms with E-state index in [9.17, 15) is 18.8 Å². The van der Waals surface area contributed by atoms with Gasteiger partial charge in [0.05, 0.1) is 18.7 Å². The van der Waals surface area contributed by atoms with Crippen molar-refractivity contribution in [3.05, 3.63) is 90.2 Å². The number of amides is 3. The van der Waals surface area contributed by atoms with Crippen molar-refractivity contribution in [1.29, 1.82) is 0 Å². The molecule has 1 saturated heterocycles. The monoisotopic (exact) mass is 562 g/mol. The van der Waals surface area contributed by atoms with Crippen LogP contribution in [0.15, 0.2) is 78.9 Å². The Morgan fingerprint density at radius 3 is 2.42 bits per heavy atom. The summed E-state index contributed by atoms with van der Waals surface area (Å²) in [6.07, 6.45) is 4.15. The maximum Gasteiger partial charge on any atom is 0.269 e. The van der Waals surface area contributed by atoms with Gasteiger partial charge in [-0.2, -0.15) is 0 Å². The SMILES string of the molecule is CCCCCCOc1ccc(NC(=O)CC2C(=O)N(c3ccccc3)C(=S)N2NC(=O)c2cccc(F)c2)cc1. The van der Waals surface area contributed by atoms with Crippen molar-refractivity contribution in [3.63, 3.8) is 0 Å². The lowest BCUT2D eigenvalue weighted by molar-refractivity contribution is -0.124. The Bertz CT molecular complexity index is 1350. The first-order valence-corrected chi connectivity index (χ1v) is 13.6. The number of nitrogens with one attached hydrogen (secondary N) is 2. The fraction of sp³-hybridized carbons (Fsp3) is 0.267. The molecule has 3 aromatic carbocycles. The molecule has 0 spiro atoms. The van der Waals surface area contributed by atoms with E-state index >= 15 is 0 Å². The molecule has 10 heteroatoms. The molecular weight excluding hydrogens is 531 g/mol. The maximum absolute atomic E-state index is 13.7. The van der Waals surface area contributed by atoms with E-state index in [1.165, 1.54) is 34.5 Å². The number of anilines is 2. The summed E-state index contributed by atoms with van der Waals surface area (Å²) in [5.74, 6) is -1.47. The molecule has 0 bridgehead atoms. The van der Waals surface area contributed by atoms with Crippen LogP contribution in [0.25, 0.3) is 0 Å². The summed E-state index contributed by atoms with van der Waals surface area (Å²) in [5, 5.41) is 3.97. The van der Waals surface area contributed by atoms with Crippen LogP contribution < -0.4 is 20.4 Å². The highest BCUT2D eigenvalue weighted by atomic mass is 32.1. The molecule has 8 nitrogen and oxygen atoms in total. The van der Waals surface area contributed by atoms with Gasteiger partial charge in [0.25, 0.3) is 11.8 Å². The van der Waals surface area contributed by atoms with E-state index in [1.54, 1.807) is 54.6 Å². The number of carbonyl (C=O) groups excluding carboxylic acids is 3. The minimum Gasteiger partial charge on any atom is -0.494 e. The summed E-state index contributed by atoms with van der Waals surface area (Å²) in [5.41, 5.74) is 3.66. The first-order valence-electron chi connectivity index (χ1n) is 13.2. The number of thiocarbonyl (C=S) groups is 1. The van der Waals surface area contributed by atoms with Crippen molar-refractivity contribution in [2.24, 2.45) is 0 Å². The molecule has 0 radical (unpaired) electrons. The number of unbranched alkanes of at least 4 members (excludes halogenated alkanes) is 3. The number of hydrazine groups is 1. The van der Waals surface area contributed by atoms with E-state index in [0.717, 1.165) is 25.3 Å². The first-order chi connectivity index (χ1) is 19.4. The molecular formula is C30H31FN4O4S. The first kappa shape index (κ1) is 28.7. The topological polar surface area (TPSA) is 91.0 Å². The summed E-state index contributed by atoms with van der Waals surface area (Å²) in [6.45, 7) is 2.79. The fourth-order valence-electron chi connectivity index (χ4n) is 4.26. The molecule has 40 heavy (non-hydrogen) atoms. The smallest absolute Gasteiger partial charge is 0.269 e. The summed E-state index contributed by atoms with van der Waals surface area (Å²) in [4.78, 5) is 40.7. The molecule has 0 aliphatic carbocycles. The van der Waals surface area contributed by atoms with Crippen LogP contribution in [0.3, 0.4) is 0 Å². The van der Waals surface area contributed by atoms with Crippen LogP contribution in [0.2, 0.25) is 0 Å². The zero-order chi connectivity index (χ0) is 28.5. The van der Waals surface area contributed by atoms with E-state index in [1.807, 2.05) is 0 Å². The van der Waals surface area contributed by atoms with Crippen LogP contribution in [0.4, 0.5) is 15.8 Å². The molecule has 0 saturated carbocycles. The van der Waals surface area contributed by atoms with Gasteiger partial charge in [0, 0.05) is 11.3 Å². The Morgan fingerprint density at radius 2 is 1.73 bits per heavy atom. The molecule has 1 heterocycles. The van der Waals surface area contributed by atoms with Crippen LogP contribution in [-0.2, 0) is 9.59 Å². The van der Waals surface area contributed by atoms with Crippen molar-refractivity contribution in [2.75, 3.05) is 16.8 Å². The fourth-order valence-corrected chi connectivity index (χ4v) is 4.63. The molecule has 1 unspecified atom stereocenters. The van der Waals surface area contributed by atoms with Gasteiger partial charge in [0.15, 0.2) is 0 Å². The molecule has 1 fully saturated rings. The minimum atomic E-state index is -1.11. The van der Waals surface area contributed by atoms with Crippen LogP contribution in [0, 0.1) is 5.82 Å². The molecule has 3 amide bonds. The average Bonchev–Trinajstić information content (AvgIpc) is 3.18. The molecule has 1 aliphatic heterocycles. The third kappa shape index (κ3) is 7.20. The number of rotatable bonds is 12. The number of hydrogen-bond donors (Lipinski definition) is 2. The van der Waals surface area contributed by atoms with E-state index in [4.69, 9.17) is 17.0 Å². The minimum absolute atomic E-state index is 0.000749. The van der Waals surface area contributed by atoms with Crippen molar-refractivity contribution in [1.82, 2.24) is 10.4 Å². The Labute approximate surface area is 238 Å². The number of benzene rings is 3. The van der Waals surface area contributed by atoms with Gasteiger partial charge in [-0.15, -0.1) is 0 Å². The second-order valence-electron chi connectivity index (χ2n) is 9.31. The van der Waals surface area contributed by atoms with Crippen LogP contribution in [0.5, 0.6) is 5.75 Å². The van der Waals surface area contributed by atoms with E-state index in [2.05, 4.69) is 17.7 Å². The predicted molar refractivity (Wildman–Crippen MR) is 155 cm³/mol. The average molecular weight is 563 g/mol. The summed E-state index contributed by atoms with van der Waals surface area (Å²) < 4.78 is 19.5. The highest BCUT2D eigenvalue weighted by Gasteiger charge is 2.45. The quantitative estimate of drug-likeness (QED) is 0.225. The van der Waals surface area contributed by atoms with Gasteiger partial charge in [-0.1, -0.05) is 50.5 Å². The highest BCUT2D eigenvalue weighted by molar-refractivity contribution is 7.80. The van der Waals surface area contributed by atoms with Crippen molar-refractivity contribution in [2.45, 2.75) is 45.1 Å². The normalized spacial score (nSPS) is 14.8. The van der Waals surface area contributed by atoms with Gasteiger partial charge in [0.1, 0.15) is 17.6 Å². The Hall–Kier alpha value is -4.31. The van der Waals surface area contributed by atoms with E-state index in [0.29, 0.717) is 23.7 Å². The third-order valence-corrected chi connectivity index (χ3v) is 6.70. The second-order valence-corrected chi connectivity index (χ2v) is 9.68. The van der Waals surface area contributed by atoms with Crippen molar-refractivity contribution in [3.8, 4) is 5.75 Å². The Kier molecular flexibility index (Phi) is 9.80. The van der Waals surface area contributed by atoms with Gasteiger partial charge in [-0.05, 0) is 73.2 Å². The molecule has 3 aromatic rings. The standard InChI is InChI=1S/C30H31FN4O4S/c1-2-3-4-8-18-39-25-16-14-23(15-17-25)32-27(36)20-26-29(38)34(24-12-6-5-7-13-24)30(40)35(26)33-28(37)21-10-9-11-22(31)19-21/h5-7,9-17,19,26H,2-4,8,18,20H2,1H3,(H,32,36)(H,33,37). The number of carbonyl (C=O) groups is 3. The Morgan fingerprint density at radius 1 is 0.975 bits per heavy atom. The highest BCUT2D eigenvalue weighted by Crippen LogP contribution is 2.26. The predicted octanol–water partition coefficient (Wildman–Crippen LogP) is 5.46. The molecule has 1 atom stereocenters. The number of ether oxygens (including phenoxy) is 1. The lowest BCUT2D eigenvalue weighted by Crippen LogP contribution is -2.49. The summed E-state index contributed by atoms with van der Waals surface area (Å²) in [6, 6.07) is 19.7. The van der Waals surface area contributed by atoms with Gasteiger partial charge in [0.2, 0.25) is 11.0 Å². The zero-order valence-corrected chi connectivity index (χ0v) is 23.0. The van der Waals surface area contributed by atoms with Gasteiger partial charge >= 0.3 is 0 Å². The van der Waals surface area contributed by atoms with E-state index < -0.39 is 29.6 Å². The van der Waals surface area contributed by atoms with Gasteiger partial charge in [-0.25, -0.2) is 9.40 Å².